The number of ether oxygens (including phenoxy) is 1. The number of carbonyl (C=O) groups excluding carboxylic acids is 2. The van der Waals surface area contributed by atoms with Crippen LogP contribution in [-0.4, -0.2) is 18.4 Å². The molecule has 2 aromatic rings. The van der Waals surface area contributed by atoms with Crippen LogP contribution in [-0.2, 0) is 11.2 Å². The van der Waals surface area contributed by atoms with Gasteiger partial charge in [-0.3, -0.25) is 20.4 Å². The van der Waals surface area contributed by atoms with Crippen LogP contribution in [0.3, 0.4) is 0 Å². The normalized spacial score (nSPS) is 10.0. The number of aryl methyl sites for hydroxylation is 1. The minimum absolute atomic E-state index is 0.176. The van der Waals surface area contributed by atoms with E-state index in [9.17, 15) is 9.59 Å². The smallest absolute Gasteiger partial charge is 0.276 e. The minimum Gasteiger partial charge on any atom is -0.484 e. The molecule has 6 heteroatoms. The van der Waals surface area contributed by atoms with Gasteiger partial charge in [-0.25, -0.2) is 0 Å². The third kappa shape index (κ3) is 5.41. The number of amides is 2. The molecule has 0 radical (unpaired) electrons. The highest BCUT2D eigenvalue weighted by Crippen LogP contribution is 2.12. The zero-order valence-corrected chi connectivity index (χ0v) is 14.2. The van der Waals surface area contributed by atoms with Crippen LogP contribution in [0.1, 0.15) is 22.8 Å². The first-order valence-corrected chi connectivity index (χ1v) is 7.94. The Morgan fingerprint density at radius 1 is 1.09 bits per heavy atom. The van der Waals surface area contributed by atoms with Crippen molar-refractivity contribution >= 4 is 27.7 Å². The van der Waals surface area contributed by atoms with Gasteiger partial charge in [0.05, 0.1) is 0 Å². The van der Waals surface area contributed by atoms with Crippen molar-refractivity contribution in [2.75, 3.05) is 6.61 Å². The molecule has 23 heavy (non-hydrogen) atoms. The van der Waals surface area contributed by atoms with E-state index in [0.717, 1.165) is 10.9 Å². The Hall–Kier alpha value is -2.34. The van der Waals surface area contributed by atoms with Gasteiger partial charge in [-0.05, 0) is 42.3 Å². The van der Waals surface area contributed by atoms with Crippen molar-refractivity contribution in [2.24, 2.45) is 0 Å². The van der Waals surface area contributed by atoms with Crippen LogP contribution in [0, 0.1) is 0 Å². The first-order valence-electron chi connectivity index (χ1n) is 7.15. The van der Waals surface area contributed by atoms with Crippen LogP contribution in [0.2, 0.25) is 0 Å². The number of hydrogen-bond acceptors (Lipinski definition) is 3. The van der Waals surface area contributed by atoms with E-state index in [0.29, 0.717) is 11.3 Å². The van der Waals surface area contributed by atoms with Crippen LogP contribution < -0.4 is 15.6 Å². The summed E-state index contributed by atoms with van der Waals surface area (Å²) >= 11 is 3.28. The van der Waals surface area contributed by atoms with Crippen molar-refractivity contribution in [1.29, 1.82) is 0 Å². The molecule has 0 fully saturated rings. The zero-order chi connectivity index (χ0) is 16.7. The van der Waals surface area contributed by atoms with E-state index in [1.807, 2.05) is 30.3 Å². The van der Waals surface area contributed by atoms with E-state index in [1.54, 1.807) is 18.2 Å². The van der Waals surface area contributed by atoms with Crippen molar-refractivity contribution in [1.82, 2.24) is 10.9 Å². The molecule has 0 spiro atoms. The van der Waals surface area contributed by atoms with Gasteiger partial charge in [0.25, 0.3) is 11.8 Å². The summed E-state index contributed by atoms with van der Waals surface area (Å²) in [4.78, 5) is 23.5. The Labute approximate surface area is 143 Å². The van der Waals surface area contributed by atoms with Gasteiger partial charge in [0.1, 0.15) is 5.75 Å². The fourth-order valence-electron chi connectivity index (χ4n) is 1.83. The molecule has 0 unspecified atom stereocenters. The maximum atomic E-state index is 11.9. The number of hydrogen-bond donors (Lipinski definition) is 2. The lowest BCUT2D eigenvalue weighted by Crippen LogP contribution is -2.43. The summed E-state index contributed by atoms with van der Waals surface area (Å²) in [5.41, 5.74) is 6.29. The summed E-state index contributed by atoms with van der Waals surface area (Å²) in [6, 6.07) is 14.4. The number of nitrogens with one attached hydrogen (secondary N) is 2. The van der Waals surface area contributed by atoms with Crippen LogP contribution in [0.4, 0.5) is 0 Å². The van der Waals surface area contributed by atoms with Gasteiger partial charge in [-0.2, -0.15) is 0 Å². The molecule has 0 saturated carbocycles. The molecule has 120 valence electrons. The molecule has 0 atom stereocenters. The maximum absolute atomic E-state index is 11.9. The van der Waals surface area contributed by atoms with Gasteiger partial charge < -0.3 is 4.74 Å². The fraction of sp³-hybridized carbons (Fsp3) is 0.176. The van der Waals surface area contributed by atoms with E-state index < -0.39 is 11.8 Å². The average molecular weight is 377 g/mol. The van der Waals surface area contributed by atoms with E-state index in [2.05, 4.69) is 33.7 Å². The highest BCUT2D eigenvalue weighted by atomic mass is 79.9. The number of rotatable bonds is 5. The molecule has 0 bridgehead atoms. The molecule has 2 aromatic carbocycles. The summed E-state index contributed by atoms with van der Waals surface area (Å²) in [6.45, 7) is 1.89. The van der Waals surface area contributed by atoms with Crippen molar-refractivity contribution < 1.29 is 14.3 Å². The lowest BCUT2D eigenvalue weighted by Gasteiger charge is -2.09. The van der Waals surface area contributed by atoms with Crippen molar-refractivity contribution in [3.8, 4) is 5.75 Å². The predicted octanol–water partition coefficient (Wildman–Crippen LogP) is 2.85. The standard InChI is InChI=1S/C17H17BrN2O3/c1-2-12-6-8-15(9-7-12)23-11-16(21)19-20-17(22)13-4-3-5-14(18)10-13/h3-10H,2,11H2,1H3,(H,19,21)(H,20,22). The Kier molecular flexibility index (Phi) is 6.17. The highest BCUT2D eigenvalue weighted by molar-refractivity contribution is 9.10. The van der Waals surface area contributed by atoms with Gasteiger partial charge in [-0.1, -0.05) is 41.1 Å². The Bertz CT molecular complexity index is 686. The zero-order valence-electron chi connectivity index (χ0n) is 12.6. The van der Waals surface area contributed by atoms with E-state index in [-0.39, 0.29) is 6.61 Å². The third-order valence-corrected chi connectivity index (χ3v) is 3.60. The molecule has 2 amide bonds. The molecule has 0 aliphatic heterocycles. The van der Waals surface area contributed by atoms with Gasteiger partial charge in [0.15, 0.2) is 6.61 Å². The molecule has 2 rings (SSSR count). The quantitative estimate of drug-likeness (QED) is 0.788. The van der Waals surface area contributed by atoms with Gasteiger partial charge >= 0.3 is 0 Å². The third-order valence-electron chi connectivity index (χ3n) is 3.10. The average Bonchev–Trinajstić information content (AvgIpc) is 2.58. The van der Waals surface area contributed by atoms with Crippen LogP contribution in [0.5, 0.6) is 5.75 Å². The molecule has 2 N–H and O–H groups in total. The summed E-state index contributed by atoms with van der Waals surface area (Å²) < 4.78 is 6.14. The number of hydrazine groups is 1. The number of carbonyl (C=O) groups is 2. The Morgan fingerprint density at radius 3 is 2.48 bits per heavy atom. The molecular weight excluding hydrogens is 360 g/mol. The molecule has 0 aliphatic carbocycles. The Morgan fingerprint density at radius 2 is 1.83 bits per heavy atom. The molecule has 0 saturated heterocycles. The topological polar surface area (TPSA) is 67.4 Å². The predicted molar refractivity (Wildman–Crippen MR) is 91.1 cm³/mol. The molecule has 5 nitrogen and oxygen atoms in total. The van der Waals surface area contributed by atoms with Crippen molar-refractivity contribution in [3.63, 3.8) is 0 Å². The van der Waals surface area contributed by atoms with Crippen LogP contribution >= 0.6 is 15.9 Å². The van der Waals surface area contributed by atoms with Gasteiger partial charge in [0.2, 0.25) is 0 Å². The van der Waals surface area contributed by atoms with Gasteiger partial charge in [-0.15, -0.1) is 0 Å². The van der Waals surface area contributed by atoms with Crippen LogP contribution in [0.25, 0.3) is 0 Å². The van der Waals surface area contributed by atoms with E-state index in [1.165, 1.54) is 5.56 Å². The highest BCUT2D eigenvalue weighted by Gasteiger charge is 2.08. The second-order valence-electron chi connectivity index (χ2n) is 4.80. The summed E-state index contributed by atoms with van der Waals surface area (Å²) in [5, 5.41) is 0. The summed E-state index contributed by atoms with van der Waals surface area (Å²) in [7, 11) is 0. The molecular formula is C17H17BrN2O3. The first-order chi connectivity index (χ1) is 11.1. The van der Waals surface area contributed by atoms with Crippen LogP contribution in [0.15, 0.2) is 53.0 Å². The maximum Gasteiger partial charge on any atom is 0.276 e. The molecule has 0 aromatic heterocycles. The fourth-order valence-corrected chi connectivity index (χ4v) is 2.23. The van der Waals surface area contributed by atoms with Gasteiger partial charge in [0, 0.05) is 10.0 Å². The lowest BCUT2D eigenvalue weighted by molar-refractivity contribution is -0.123. The van der Waals surface area contributed by atoms with Crippen molar-refractivity contribution in [2.45, 2.75) is 13.3 Å². The lowest BCUT2D eigenvalue weighted by atomic mass is 10.2. The Balaban J connectivity index is 1.77. The SMILES string of the molecule is CCc1ccc(OCC(=O)NNC(=O)c2cccc(Br)c2)cc1. The minimum atomic E-state index is -0.437. The van der Waals surface area contributed by atoms with E-state index in [4.69, 9.17) is 4.74 Å². The second kappa shape index (κ2) is 8.33. The first kappa shape index (κ1) is 17.0. The van der Waals surface area contributed by atoms with E-state index >= 15 is 0 Å². The van der Waals surface area contributed by atoms with Crippen molar-refractivity contribution in [3.05, 3.63) is 64.1 Å². The number of benzene rings is 2. The number of halogens is 1. The summed E-state index contributed by atoms with van der Waals surface area (Å²) in [6.07, 6.45) is 0.947. The largest absolute Gasteiger partial charge is 0.484 e. The molecule has 0 aliphatic rings. The monoisotopic (exact) mass is 376 g/mol. The summed E-state index contributed by atoms with van der Waals surface area (Å²) in [5.74, 6) is -0.226. The molecule has 0 heterocycles. The second-order valence-corrected chi connectivity index (χ2v) is 5.71.